The van der Waals surface area contributed by atoms with Gasteiger partial charge < -0.3 is 4.57 Å². The summed E-state index contributed by atoms with van der Waals surface area (Å²) in [5, 5.41) is 14.9. The zero-order valence-corrected chi connectivity index (χ0v) is 27.8. The van der Waals surface area contributed by atoms with Crippen molar-refractivity contribution >= 4 is 43.7 Å². The highest BCUT2D eigenvalue weighted by atomic mass is 15.1. The van der Waals surface area contributed by atoms with Crippen LogP contribution in [-0.2, 0) is 0 Å². The number of nitrogens with zero attached hydrogens (tertiary/aromatic N) is 6. The number of nitriles is 1. The fourth-order valence-electron chi connectivity index (χ4n) is 7.53. The van der Waals surface area contributed by atoms with Crippen LogP contribution in [0.15, 0.2) is 170 Å². The highest BCUT2D eigenvalue weighted by Crippen LogP contribution is 2.42. The van der Waals surface area contributed by atoms with E-state index in [4.69, 9.17) is 15.0 Å². The van der Waals surface area contributed by atoms with Crippen molar-refractivity contribution in [3.8, 4) is 51.3 Å². The van der Waals surface area contributed by atoms with Gasteiger partial charge in [0.15, 0.2) is 5.82 Å². The van der Waals surface area contributed by atoms with Gasteiger partial charge in [-0.25, -0.2) is 15.0 Å². The third kappa shape index (κ3) is 4.61. The second kappa shape index (κ2) is 11.9. The van der Waals surface area contributed by atoms with Gasteiger partial charge in [0.05, 0.1) is 39.6 Å². The molecule has 6 heteroatoms. The average Bonchev–Trinajstić information content (AvgIpc) is 3.74. The van der Waals surface area contributed by atoms with Gasteiger partial charge in [0.25, 0.3) is 0 Å². The normalized spacial score (nSPS) is 11.4. The fraction of sp³-hybridized carbons (Fsp3) is 0. The van der Waals surface area contributed by atoms with Crippen LogP contribution in [-0.4, -0.2) is 24.1 Å². The predicted molar refractivity (Wildman–Crippen MR) is 210 cm³/mol. The summed E-state index contributed by atoms with van der Waals surface area (Å²) in [4.78, 5) is 15.0. The molecule has 0 spiro atoms. The van der Waals surface area contributed by atoms with Crippen molar-refractivity contribution in [3.63, 3.8) is 0 Å². The van der Waals surface area contributed by atoms with Crippen LogP contribution in [0.4, 0.5) is 0 Å². The minimum atomic E-state index is 0.528. The number of rotatable bonds is 5. The van der Waals surface area contributed by atoms with E-state index in [1.54, 1.807) is 0 Å². The standard InChI is InChI=1S/C46H28N6/c47-29-32-22-23-34(27-38(32)40-28-39(30-13-4-1-5-14-30)49-45(50-40)31-15-6-2-7-16-31)52-44-35(36-20-12-26-48-46(36)52)24-25-42-43(44)37-19-10-11-21-41(37)51(42)33-17-8-3-9-18-33/h1-28H. The number of aromatic nitrogens is 5. The summed E-state index contributed by atoms with van der Waals surface area (Å²) >= 11 is 0. The molecule has 0 aliphatic rings. The molecule has 4 aromatic heterocycles. The second-order valence-electron chi connectivity index (χ2n) is 12.8. The molecule has 0 aliphatic heterocycles. The highest BCUT2D eigenvalue weighted by molar-refractivity contribution is 6.25. The van der Waals surface area contributed by atoms with Crippen molar-refractivity contribution in [1.29, 1.82) is 5.26 Å². The number of hydrogen-bond donors (Lipinski definition) is 0. The number of pyridine rings is 1. The van der Waals surface area contributed by atoms with E-state index in [-0.39, 0.29) is 0 Å². The van der Waals surface area contributed by atoms with Gasteiger partial charge in [-0.2, -0.15) is 5.26 Å². The molecule has 0 amide bonds. The minimum absolute atomic E-state index is 0.528. The van der Waals surface area contributed by atoms with Crippen molar-refractivity contribution in [2.24, 2.45) is 0 Å². The third-order valence-electron chi connectivity index (χ3n) is 9.82. The van der Waals surface area contributed by atoms with Gasteiger partial charge in [-0.3, -0.25) is 4.57 Å². The zero-order chi connectivity index (χ0) is 34.6. The van der Waals surface area contributed by atoms with Crippen LogP contribution in [0.3, 0.4) is 0 Å². The fourth-order valence-corrected chi connectivity index (χ4v) is 7.53. The highest BCUT2D eigenvalue weighted by Gasteiger charge is 2.22. The molecule has 52 heavy (non-hydrogen) atoms. The van der Waals surface area contributed by atoms with Crippen molar-refractivity contribution < 1.29 is 0 Å². The first-order valence-corrected chi connectivity index (χ1v) is 17.2. The van der Waals surface area contributed by atoms with Crippen LogP contribution in [0.1, 0.15) is 5.56 Å². The summed E-state index contributed by atoms with van der Waals surface area (Å²) in [6.07, 6.45) is 1.84. The number of para-hydroxylation sites is 2. The molecule has 0 aliphatic carbocycles. The molecule has 0 atom stereocenters. The molecule has 10 rings (SSSR count). The van der Waals surface area contributed by atoms with E-state index < -0.39 is 0 Å². The van der Waals surface area contributed by atoms with E-state index in [1.807, 2.05) is 97.2 Å². The Morgan fingerprint density at radius 3 is 1.98 bits per heavy atom. The Hall–Kier alpha value is -7.36. The van der Waals surface area contributed by atoms with Crippen molar-refractivity contribution in [2.75, 3.05) is 0 Å². The van der Waals surface area contributed by atoms with E-state index in [9.17, 15) is 5.26 Å². The molecule has 6 aromatic carbocycles. The molecule has 0 N–H and O–H groups in total. The van der Waals surface area contributed by atoms with Crippen LogP contribution in [0, 0.1) is 11.3 Å². The van der Waals surface area contributed by atoms with Crippen molar-refractivity contribution in [2.45, 2.75) is 0 Å². The van der Waals surface area contributed by atoms with E-state index >= 15 is 0 Å². The van der Waals surface area contributed by atoms with Crippen molar-refractivity contribution in [1.82, 2.24) is 24.1 Å². The van der Waals surface area contributed by atoms with Gasteiger partial charge >= 0.3 is 0 Å². The van der Waals surface area contributed by atoms with E-state index in [2.05, 4.69) is 88.0 Å². The summed E-state index contributed by atoms with van der Waals surface area (Å²) in [6.45, 7) is 0. The van der Waals surface area contributed by atoms with Gasteiger partial charge in [0, 0.05) is 55.8 Å². The Morgan fingerprint density at radius 1 is 0.500 bits per heavy atom. The van der Waals surface area contributed by atoms with Crippen LogP contribution < -0.4 is 0 Å². The average molecular weight is 665 g/mol. The summed E-state index contributed by atoms with van der Waals surface area (Å²) in [5.74, 6) is 0.597. The lowest BCUT2D eigenvalue weighted by Crippen LogP contribution is -2.00. The molecular formula is C46H28N6. The first-order chi connectivity index (χ1) is 25.8. The van der Waals surface area contributed by atoms with E-state index in [1.165, 1.54) is 0 Å². The van der Waals surface area contributed by atoms with Crippen LogP contribution in [0.2, 0.25) is 0 Å². The summed E-state index contributed by atoms with van der Waals surface area (Å²) in [7, 11) is 0. The zero-order valence-electron chi connectivity index (χ0n) is 27.8. The molecule has 0 saturated heterocycles. The van der Waals surface area contributed by atoms with Gasteiger partial charge in [-0.15, -0.1) is 0 Å². The number of fused-ring (bicyclic) bond motifs is 7. The SMILES string of the molecule is N#Cc1ccc(-n2c3ncccc3c3ccc4c(c5ccccc5n4-c4ccccc4)c32)cc1-c1cc(-c2ccccc2)nc(-c2ccccc2)n1. The van der Waals surface area contributed by atoms with Gasteiger partial charge in [-0.05, 0) is 60.7 Å². The second-order valence-corrected chi connectivity index (χ2v) is 12.8. The maximum atomic E-state index is 10.5. The monoisotopic (exact) mass is 664 g/mol. The maximum Gasteiger partial charge on any atom is 0.160 e. The Labute approximate surface area is 299 Å². The predicted octanol–water partition coefficient (Wildman–Crippen LogP) is 10.9. The Balaban J connectivity index is 1.28. The van der Waals surface area contributed by atoms with Crippen LogP contribution >= 0.6 is 0 Å². The molecule has 0 bridgehead atoms. The first-order valence-electron chi connectivity index (χ1n) is 17.2. The van der Waals surface area contributed by atoms with E-state index in [0.29, 0.717) is 17.1 Å². The Bertz CT molecular complexity index is 2950. The molecule has 0 fully saturated rings. The molecular weight excluding hydrogens is 637 g/mol. The smallest absolute Gasteiger partial charge is 0.160 e. The molecule has 10 aromatic rings. The molecule has 242 valence electrons. The molecule has 6 nitrogen and oxygen atoms in total. The third-order valence-corrected chi connectivity index (χ3v) is 9.82. The number of hydrogen-bond acceptors (Lipinski definition) is 4. The molecule has 0 unspecified atom stereocenters. The largest absolute Gasteiger partial charge is 0.309 e. The van der Waals surface area contributed by atoms with Crippen LogP contribution in [0.25, 0.3) is 89.0 Å². The Morgan fingerprint density at radius 2 is 1.19 bits per heavy atom. The summed E-state index contributed by atoms with van der Waals surface area (Å²) in [5.41, 5.74) is 10.7. The first kappa shape index (κ1) is 29.5. The molecule has 0 saturated carbocycles. The molecule has 0 radical (unpaired) electrons. The van der Waals surface area contributed by atoms with Crippen molar-refractivity contribution in [3.05, 3.63) is 176 Å². The summed E-state index contributed by atoms with van der Waals surface area (Å²) in [6, 6.07) is 58.1. The summed E-state index contributed by atoms with van der Waals surface area (Å²) < 4.78 is 4.58. The van der Waals surface area contributed by atoms with Crippen LogP contribution in [0.5, 0.6) is 0 Å². The lowest BCUT2D eigenvalue weighted by Gasteiger charge is -2.14. The number of benzene rings is 6. The topological polar surface area (TPSA) is 72.3 Å². The Kier molecular flexibility index (Phi) is 6.76. The minimum Gasteiger partial charge on any atom is -0.309 e. The lowest BCUT2D eigenvalue weighted by atomic mass is 10.0. The van der Waals surface area contributed by atoms with Gasteiger partial charge in [0.1, 0.15) is 5.65 Å². The van der Waals surface area contributed by atoms with E-state index in [0.717, 1.165) is 77.5 Å². The van der Waals surface area contributed by atoms with Gasteiger partial charge in [-0.1, -0.05) is 103 Å². The quantitative estimate of drug-likeness (QED) is 0.184. The lowest BCUT2D eigenvalue weighted by molar-refractivity contribution is 1.13. The van der Waals surface area contributed by atoms with Gasteiger partial charge in [0.2, 0.25) is 0 Å². The molecule has 4 heterocycles. The maximum absolute atomic E-state index is 10.5.